The van der Waals surface area contributed by atoms with Gasteiger partial charge in [0.05, 0.1) is 17.9 Å². The maximum atomic E-state index is 13.9. The number of aromatic hydroxyl groups is 1. The van der Waals surface area contributed by atoms with Gasteiger partial charge in [0.25, 0.3) is 0 Å². The summed E-state index contributed by atoms with van der Waals surface area (Å²) in [5.74, 6) is 0.219. The normalized spacial score (nSPS) is 17.1. The highest BCUT2D eigenvalue weighted by atomic mass is 16.6. The van der Waals surface area contributed by atoms with Gasteiger partial charge in [-0.2, -0.15) is 0 Å². The Labute approximate surface area is 254 Å². The van der Waals surface area contributed by atoms with Crippen LogP contribution in [0.3, 0.4) is 0 Å². The third kappa shape index (κ3) is 6.48. The highest BCUT2D eigenvalue weighted by Gasteiger charge is 2.52. The summed E-state index contributed by atoms with van der Waals surface area (Å²) in [5.41, 5.74) is 2.92. The van der Waals surface area contributed by atoms with Gasteiger partial charge < -0.3 is 19.7 Å². The van der Waals surface area contributed by atoms with Gasteiger partial charge in [0.15, 0.2) is 5.88 Å². The molecule has 2 aliphatic rings. The lowest BCUT2D eigenvalue weighted by molar-refractivity contribution is -0.161. The fourth-order valence-corrected chi connectivity index (χ4v) is 6.63. The van der Waals surface area contributed by atoms with Crippen LogP contribution in [0.25, 0.3) is 10.8 Å². The number of carbonyl (C=O) groups excluding carboxylic acids is 2. The Morgan fingerprint density at radius 3 is 2.37 bits per heavy atom. The number of carbonyl (C=O) groups is 2. The standard InChI is InChI=1S/C37H42N2O4/c1-36(2,3)43-35(42)37(19-20-37)22-26-9-8-13-30(21-26)38-33(40)32(27-10-4-5-11-27)28-17-15-25(16-18-28)23-39-24-29-12-6-7-14-31(29)34(39)41/h6-9,12-18,21,24,27,32,41H,4-5,10-11,19-20,22-23H2,1-3H3,(H,38,40). The number of esters is 1. The third-order valence-electron chi connectivity index (χ3n) is 9.04. The Kier molecular flexibility index (Phi) is 7.80. The lowest BCUT2D eigenvalue weighted by Crippen LogP contribution is -2.30. The topological polar surface area (TPSA) is 80.6 Å². The SMILES string of the molecule is CC(C)(C)OC(=O)C1(Cc2cccc(NC(=O)C(c3ccc(Cn4cc5ccccc5c4O)cc3)C3CCCC3)c2)CC1. The van der Waals surface area contributed by atoms with Crippen molar-refractivity contribution in [3.8, 4) is 5.88 Å². The van der Waals surface area contributed by atoms with Crippen molar-refractivity contribution >= 4 is 28.3 Å². The van der Waals surface area contributed by atoms with E-state index >= 15 is 0 Å². The molecule has 1 atom stereocenters. The number of amides is 1. The van der Waals surface area contributed by atoms with Gasteiger partial charge in [0.2, 0.25) is 5.91 Å². The number of nitrogens with one attached hydrogen (secondary N) is 1. The molecule has 2 N–H and O–H groups in total. The number of aromatic nitrogens is 1. The van der Waals surface area contributed by atoms with E-state index in [0.717, 1.165) is 71.7 Å². The number of benzene rings is 3. The number of nitrogens with zero attached hydrogens (tertiary/aromatic N) is 1. The Balaban J connectivity index is 1.17. The van der Waals surface area contributed by atoms with E-state index in [9.17, 15) is 14.7 Å². The van der Waals surface area contributed by atoms with Crippen LogP contribution >= 0.6 is 0 Å². The summed E-state index contributed by atoms with van der Waals surface area (Å²) in [7, 11) is 0. The molecular weight excluding hydrogens is 536 g/mol. The first kappa shape index (κ1) is 29.0. The molecule has 0 saturated heterocycles. The summed E-state index contributed by atoms with van der Waals surface area (Å²) in [6.07, 6.45) is 8.64. The van der Waals surface area contributed by atoms with Crippen LogP contribution in [0, 0.1) is 11.3 Å². The number of anilines is 1. The molecule has 0 radical (unpaired) electrons. The van der Waals surface area contributed by atoms with Crippen LogP contribution in [-0.2, 0) is 27.3 Å². The Morgan fingerprint density at radius 2 is 1.70 bits per heavy atom. The fourth-order valence-electron chi connectivity index (χ4n) is 6.63. The summed E-state index contributed by atoms with van der Waals surface area (Å²) < 4.78 is 7.57. The molecule has 6 nitrogen and oxygen atoms in total. The first-order chi connectivity index (χ1) is 20.6. The van der Waals surface area contributed by atoms with Gasteiger partial charge in [-0.25, -0.2) is 0 Å². The summed E-state index contributed by atoms with van der Waals surface area (Å²) in [5, 5.41) is 15.8. The van der Waals surface area contributed by atoms with Crippen molar-refractivity contribution in [1.82, 2.24) is 4.57 Å². The second-order valence-corrected chi connectivity index (χ2v) is 13.6. The summed E-state index contributed by atoms with van der Waals surface area (Å²) in [4.78, 5) is 26.8. The molecule has 0 spiro atoms. The van der Waals surface area contributed by atoms with Crippen LogP contribution in [-0.4, -0.2) is 27.2 Å². The maximum Gasteiger partial charge on any atom is 0.312 e. The second-order valence-electron chi connectivity index (χ2n) is 13.6. The van der Waals surface area contributed by atoms with Crippen molar-refractivity contribution < 1.29 is 19.4 Å². The Hall–Kier alpha value is -4.06. The number of rotatable bonds is 9. The van der Waals surface area contributed by atoms with Gasteiger partial charge in [-0.15, -0.1) is 0 Å². The zero-order valence-electron chi connectivity index (χ0n) is 25.4. The van der Waals surface area contributed by atoms with E-state index in [4.69, 9.17) is 4.74 Å². The van der Waals surface area contributed by atoms with Crippen molar-refractivity contribution in [3.63, 3.8) is 0 Å². The maximum absolute atomic E-state index is 13.9. The highest BCUT2D eigenvalue weighted by Crippen LogP contribution is 2.50. The monoisotopic (exact) mass is 578 g/mol. The molecule has 1 aromatic heterocycles. The molecule has 6 heteroatoms. The Morgan fingerprint density at radius 1 is 0.977 bits per heavy atom. The van der Waals surface area contributed by atoms with Gasteiger partial charge in [0.1, 0.15) is 5.60 Å². The molecule has 2 aliphatic carbocycles. The van der Waals surface area contributed by atoms with E-state index in [2.05, 4.69) is 29.6 Å². The van der Waals surface area contributed by atoms with Crippen LogP contribution in [0.15, 0.2) is 79.0 Å². The molecule has 0 aliphatic heterocycles. The predicted molar refractivity (Wildman–Crippen MR) is 170 cm³/mol. The molecule has 1 unspecified atom stereocenters. The number of ether oxygens (including phenoxy) is 1. The molecule has 224 valence electrons. The van der Waals surface area contributed by atoms with Crippen LogP contribution < -0.4 is 5.32 Å². The van der Waals surface area contributed by atoms with Gasteiger partial charge >= 0.3 is 5.97 Å². The van der Waals surface area contributed by atoms with Crippen molar-refractivity contribution in [2.45, 2.75) is 83.8 Å². The summed E-state index contributed by atoms with van der Waals surface area (Å²) in [6, 6.07) is 24.0. The Bertz CT molecular complexity index is 1620. The van der Waals surface area contributed by atoms with E-state index in [-0.39, 0.29) is 23.7 Å². The molecule has 2 saturated carbocycles. The average Bonchev–Trinajstić information content (AvgIpc) is 3.42. The minimum atomic E-state index is -0.505. The van der Waals surface area contributed by atoms with Gasteiger partial charge in [-0.3, -0.25) is 9.59 Å². The molecule has 0 bridgehead atoms. The molecule has 1 heterocycles. The van der Waals surface area contributed by atoms with E-state index < -0.39 is 11.0 Å². The van der Waals surface area contributed by atoms with Crippen LogP contribution in [0.2, 0.25) is 0 Å². The molecule has 2 fully saturated rings. The minimum Gasteiger partial charge on any atom is -0.494 e. The van der Waals surface area contributed by atoms with Crippen LogP contribution in [0.1, 0.15) is 81.9 Å². The van der Waals surface area contributed by atoms with Gasteiger partial charge in [0, 0.05) is 22.7 Å². The molecule has 4 aromatic rings. The van der Waals surface area contributed by atoms with Gasteiger partial charge in [-0.1, -0.05) is 67.4 Å². The van der Waals surface area contributed by atoms with Crippen molar-refractivity contribution in [1.29, 1.82) is 0 Å². The smallest absolute Gasteiger partial charge is 0.312 e. The van der Waals surface area contributed by atoms with E-state index in [1.54, 1.807) is 0 Å². The molecule has 43 heavy (non-hydrogen) atoms. The van der Waals surface area contributed by atoms with E-state index in [0.29, 0.717) is 18.9 Å². The van der Waals surface area contributed by atoms with Crippen LogP contribution in [0.5, 0.6) is 5.88 Å². The minimum absolute atomic E-state index is 0.0133. The number of hydrogen-bond donors (Lipinski definition) is 2. The van der Waals surface area contributed by atoms with Crippen LogP contribution in [0.4, 0.5) is 5.69 Å². The first-order valence-corrected chi connectivity index (χ1v) is 15.6. The largest absolute Gasteiger partial charge is 0.494 e. The van der Waals surface area contributed by atoms with Crippen molar-refractivity contribution in [3.05, 3.63) is 95.7 Å². The number of fused-ring (bicyclic) bond motifs is 1. The molecule has 6 rings (SSSR count). The summed E-state index contributed by atoms with van der Waals surface area (Å²) in [6.45, 7) is 6.26. The average molecular weight is 579 g/mol. The molecule has 1 amide bonds. The second kappa shape index (κ2) is 11.6. The van der Waals surface area contributed by atoms with E-state index in [1.165, 1.54) is 0 Å². The fraction of sp³-hybridized carbons (Fsp3) is 0.405. The lowest BCUT2D eigenvalue weighted by Gasteiger charge is -2.24. The first-order valence-electron chi connectivity index (χ1n) is 15.6. The highest BCUT2D eigenvalue weighted by molar-refractivity contribution is 5.96. The quantitative estimate of drug-likeness (QED) is 0.197. The zero-order valence-corrected chi connectivity index (χ0v) is 25.4. The van der Waals surface area contributed by atoms with E-state index in [1.807, 2.05) is 80.1 Å². The lowest BCUT2D eigenvalue weighted by atomic mass is 9.83. The summed E-state index contributed by atoms with van der Waals surface area (Å²) >= 11 is 0. The van der Waals surface area contributed by atoms with Gasteiger partial charge in [-0.05, 0) is 93.7 Å². The third-order valence-corrected chi connectivity index (χ3v) is 9.04. The molecular formula is C37H42N2O4. The van der Waals surface area contributed by atoms with Crippen molar-refractivity contribution in [2.24, 2.45) is 11.3 Å². The van der Waals surface area contributed by atoms with Crippen molar-refractivity contribution in [2.75, 3.05) is 5.32 Å². The predicted octanol–water partition coefficient (Wildman–Crippen LogP) is 7.97. The number of hydrogen-bond acceptors (Lipinski definition) is 4. The zero-order chi connectivity index (χ0) is 30.2. The molecule has 3 aromatic carbocycles.